The SMILES string of the molecule is CC(=O)NC1C(OCCOCNC(=O)CCOCC(COCCC(=O)NCOCOC2OC(CO)C(O)C(O)C2NC(C)=O)(COCCC(=O)NCC(C)(C)CC(C)COC2OC(CO)C(O)C(O)C2NC(C)=O)NC(=O)CCCC(=O)NCC(C)C)OC(CO)C(O)C1O. The van der Waals surface area contributed by atoms with Crippen molar-refractivity contribution in [2.45, 2.75) is 198 Å². The first-order chi connectivity index (χ1) is 44.9. The zero-order chi connectivity index (χ0) is 70.8. The number of carbonyl (C=O) groups is 8. The van der Waals surface area contributed by atoms with Crippen LogP contribution in [0.1, 0.15) is 100 Å². The maximum atomic E-state index is 13.8. The molecule has 8 amide bonds. The molecular formula is C59H106N8O28. The maximum Gasteiger partial charge on any atom is 0.224 e. The molecule has 0 aromatic rings. The van der Waals surface area contributed by atoms with Gasteiger partial charge in [-0.3, -0.25) is 38.4 Å². The summed E-state index contributed by atoms with van der Waals surface area (Å²) in [4.78, 5) is 101. The van der Waals surface area contributed by atoms with Crippen molar-refractivity contribution in [2.24, 2.45) is 17.3 Å². The van der Waals surface area contributed by atoms with E-state index in [4.69, 9.17) is 52.1 Å². The molecule has 0 bridgehead atoms. The summed E-state index contributed by atoms with van der Waals surface area (Å²) in [6.45, 7) is 8.79. The topological polar surface area (TPSA) is 516 Å². The van der Waals surface area contributed by atoms with Crippen LogP contribution in [0.15, 0.2) is 0 Å². The van der Waals surface area contributed by atoms with E-state index in [1.807, 2.05) is 34.6 Å². The number of aliphatic hydroxyl groups is 9. The summed E-state index contributed by atoms with van der Waals surface area (Å²) in [5, 5.41) is 113. The minimum absolute atomic E-state index is 0.0298. The maximum absolute atomic E-state index is 13.8. The lowest BCUT2D eigenvalue weighted by atomic mass is 9.83. The van der Waals surface area contributed by atoms with E-state index in [9.17, 15) is 84.3 Å². The van der Waals surface area contributed by atoms with E-state index >= 15 is 0 Å². The largest absolute Gasteiger partial charge is 0.394 e. The van der Waals surface area contributed by atoms with Gasteiger partial charge in [-0.15, -0.1) is 0 Å². The molecule has 550 valence electrons. The zero-order valence-electron chi connectivity index (χ0n) is 55.6. The molecule has 36 nitrogen and oxygen atoms in total. The zero-order valence-corrected chi connectivity index (χ0v) is 55.6. The van der Waals surface area contributed by atoms with Gasteiger partial charge in [0.1, 0.15) is 92.1 Å². The Hall–Kier alpha value is -5.04. The number of rotatable bonds is 46. The molecule has 0 aromatic heterocycles. The van der Waals surface area contributed by atoms with Gasteiger partial charge in [-0.2, -0.15) is 0 Å². The third kappa shape index (κ3) is 31.6. The number of nitrogens with one attached hydrogen (secondary N) is 8. The minimum Gasteiger partial charge on any atom is -0.394 e. The van der Waals surface area contributed by atoms with Crippen LogP contribution in [0.5, 0.6) is 0 Å². The van der Waals surface area contributed by atoms with Crippen molar-refractivity contribution in [3.05, 3.63) is 0 Å². The Morgan fingerprint density at radius 1 is 0.463 bits per heavy atom. The van der Waals surface area contributed by atoms with Crippen molar-refractivity contribution in [1.82, 2.24) is 42.5 Å². The summed E-state index contributed by atoms with van der Waals surface area (Å²) in [7, 11) is 0. The van der Waals surface area contributed by atoms with Crippen LogP contribution in [-0.4, -0.2) is 303 Å². The van der Waals surface area contributed by atoms with Crippen molar-refractivity contribution in [3.8, 4) is 0 Å². The summed E-state index contributed by atoms with van der Waals surface area (Å²) in [5.41, 5.74) is -2.05. The Bertz CT molecular complexity index is 2320. The Labute approximate surface area is 552 Å². The first-order valence-corrected chi connectivity index (χ1v) is 31.8. The van der Waals surface area contributed by atoms with Crippen LogP contribution >= 0.6 is 0 Å². The Kier molecular flexibility index (Phi) is 39.1. The molecule has 17 atom stereocenters. The van der Waals surface area contributed by atoms with Crippen LogP contribution < -0.4 is 42.5 Å². The molecule has 0 saturated carbocycles. The number of hydrogen-bond acceptors (Lipinski definition) is 28. The molecule has 3 fully saturated rings. The molecule has 95 heavy (non-hydrogen) atoms. The molecule has 3 rings (SSSR count). The summed E-state index contributed by atoms with van der Waals surface area (Å²) < 4.78 is 62.6. The molecule has 0 radical (unpaired) electrons. The monoisotopic (exact) mass is 1370 g/mol. The molecule has 0 aliphatic carbocycles. The minimum atomic E-state index is -1.57. The summed E-state index contributed by atoms with van der Waals surface area (Å²) >= 11 is 0. The van der Waals surface area contributed by atoms with Crippen LogP contribution in [0.4, 0.5) is 0 Å². The summed E-state index contributed by atoms with van der Waals surface area (Å²) in [6, 6.07) is -3.53. The number of hydrogen-bond donors (Lipinski definition) is 17. The fourth-order valence-corrected chi connectivity index (χ4v) is 10.2. The highest BCUT2D eigenvalue weighted by Crippen LogP contribution is 2.28. The molecule has 17 N–H and O–H groups in total. The van der Waals surface area contributed by atoms with Crippen LogP contribution in [0.25, 0.3) is 0 Å². The van der Waals surface area contributed by atoms with Crippen molar-refractivity contribution in [1.29, 1.82) is 0 Å². The Morgan fingerprint density at radius 2 is 0.863 bits per heavy atom. The quantitative estimate of drug-likeness (QED) is 0.0199. The highest BCUT2D eigenvalue weighted by Gasteiger charge is 2.48. The van der Waals surface area contributed by atoms with E-state index in [-0.39, 0.29) is 129 Å². The number of amides is 8. The predicted octanol–water partition coefficient (Wildman–Crippen LogP) is -6.81. The third-order valence-electron chi connectivity index (χ3n) is 15.0. The van der Waals surface area contributed by atoms with Gasteiger partial charge in [-0.1, -0.05) is 34.6 Å². The summed E-state index contributed by atoms with van der Waals surface area (Å²) in [5.74, 6) is -3.86. The highest BCUT2D eigenvalue weighted by atomic mass is 16.8. The van der Waals surface area contributed by atoms with Crippen LogP contribution in [0.3, 0.4) is 0 Å². The van der Waals surface area contributed by atoms with E-state index in [0.717, 1.165) is 0 Å². The van der Waals surface area contributed by atoms with E-state index in [2.05, 4.69) is 42.5 Å². The second-order valence-electron chi connectivity index (χ2n) is 24.9. The average Bonchev–Trinajstić information content (AvgIpc) is 0.834. The van der Waals surface area contributed by atoms with Gasteiger partial charge in [0.2, 0.25) is 47.3 Å². The number of aliphatic hydroxyl groups excluding tert-OH is 9. The molecule has 17 unspecified atom stereocenters. The van der Waals surface area contributed by atoms with Gasteiger partial charge < -0.3 is 141 Å². The Morgan fingerprint density at radius 3 is 1.29 bits per heavy atom. The van der Waals surface area contributed by atoms with Gasteiger partial charge in [0.05, 0.1) is 92.1 Å². The van der Waals surface area contributed by atoms with Gasteiger partial charge in [-0.25, -0.2) is 0 Å². The second-order valence-corrected chi connectivity index (χ2v) is 24.9. The van der Waals surface area contributed by atoms with Gasteiger partial charge in [0.25, 0.3) is 0 Å². The molecule has 36 heteroatoms. The van der Waals surface area contributed by atoms with Gasteiger partial charge in [-0.05, 0) is 30.1 Å². The van der Waals surface area contributed by atoms with Crippen molar-refractivity contribution in [2.75, 3.05) is 113 Å². The first-order valence-electron chi connectivity index (χ1n) is 31.8. The summed E-state index contributed by atoms with van der Waals surface area (Å²) in [6.07, 6.45) is -16.6. The fourth-order valence-electron chi connectivity index (χ4n) is 10.2. The second kappa shape index (κ2) is 44.1. The smallest absolute Gasteiger partial charge is 0.224 e. The molecule has 0 spiro atoms. The third-order valence-corrected chi connectivity index (χ3v) is 15.0. The lowest BCUT2D eigenvalue weighted by Gasteiger charge is -2.42. The lowest BCUT2D eigenvalue weighted by molar-refractivity contribution is -0.289. The molecule has 0 aromatic carbocycles. The van der Waals surface area contributed by atoms with Gasteiger partial charge in [0.15, 0.2) is 25.7 Å². The normalized spacial score (nSPS) is 27.1. The Balaban J connectivity index is 1.67. The van der Waals surface area contributed by atoms with E-state index < -0.39 is 178 Å². The van der Waals surface area contributed by atoms with E-state index in [0.29, 0.717) is 13.0 Å². The lowest BCUT2D eigenvalue weighted by Crippen LogP contribution is -2.64. The first kappa shape index (κ1) is 84.2. The number of carbonyl (C=O) groups excluding carboxylic acids is 8. The van der Waals surface area contributed by atoms with Gasteiger partial charge >= 0.3 is 0 Å². The van der Waals surface area contributed by atoms with E-state index in [1.54, 1.807) is 0 Å². The van der Waals surface area contributed by atoms with Crippen LogP contribution in [0.2, 0.25) is 0 Å². The van der Waals surface area contributed by atoms with Crippen molar-refractivity contribution in [3.63, 3.8) is 0 Å². The standard InChI is InChI=1S/C59H106N8O28/c1-33(2)21-60-41(74)10-9-11-45(78)67-59(29-87-17-14-44(77)63-31-89-32-92-57-48(66-37(6)73)54(84)51(81)40(24-70)95-57,28-86-16-13-43(76)62-30-88-18-19-90-55-46(64-35(4)71)52(82)49(79)38(22-68)93-55)27-85-15-12-42(75)61-26-58(7,8)20-34(3)25-91-56-47(65-36(5)72)53(83)50(80)39(23-69)94-56/h33-34,38-40,46-57,68-70,79-84H,9-32H2,1-8H3,(H,60,74)(H,61,75)(H,62,76)(H,63,77)(H,64,71)(H,65,72)(H,66,73)(H,67,78). The van der Waals surface area contributed by atoms with Crippen LogP contribution in [-0.2, 0) is 90.5 Å². The molecule has 3 aliphatic rings. The molecule has 3 heterocycles. The van der Waals surface area contributed by atoms with E-state index in [1.165, 1.54) is 20.8 Å². The number of ether oxygens (including phenoxy) is 11. The molecule has 3 aliphatic heterocycles. The van der Waals surface area contributed by atoms with Crippen molar-refractivity contribution >= 4 is 47.3 Å². The van der Waals surface area contributed by atoms with Crippen LogP contribution in [0, 0.1) is 17.3 Å². The fraction of sp³-hybridized carbons (Fsp3) is 0.864. The molecule has 3 saturated heterocycles. The highest BCUT2D eigenvalue weighted by molar-refractivity contribution is 5.80. The average molecular weight is 1380 g/mol. The predicted molar refractivity (Wildman–Crippen MR) is 326 cm³/mol. The van der Waals surface area contributed by atoms with Crippen molar-refractivity contribution < 1.29 is 136 Å². The van der Waals surface area contributed by atoms with Gasteiger partial charge in [0, 0.05) is 53.1 Å². The molecular weight excluding hydrogens is 1270 g/mol.